The van der Waals surface area contributed by atoms with E-state index in [0.29, 0.717) is 0 Å². The molecule has 0 aliphatic rings. The second kappa shape index (κ2) is 7.17. The molecule has 1 atom stereocenters. The molecule has 1 unspecified atom stereocenters. The van der Waals surface area contributed by atoms with Crippen LogP contribution >= 0.6 is 11.3 Å². The van der Waals surface area contributed by atoms with E-state index in [1.165, 1.54) is 12.1 Å². The molecule has 0 spiro atoms. The van der Waals surface area contributed by atoms with Crippen LogP contribution < -0.4 is 5.32 Å². The summed E-state index contributed by atoms with van der Waals surface area (Å²) in [5.41, 5.74) is 1.96. The van der Waals surface area contributed by atoms with Crippen LogP contribution in [0, 0.1) is 6.92 Å². The van der Waals surface area contributed by atoms with E-state index in [-0.39, 0.29) is 23.9 Å². The van der Waals surface area contributed by atoms with E-state index >= 15 is 0 Å². The monoisotopic (exact) mass is 318 g/mol. The molecule has 2 aromatic rings. The highest BCUT2D eigenvalue weighted by Gasteiger charge is 2.16. The zero-order valence-electron chi connectivity index (χ0n) is 12.5. The molecule has 22 heavy (non-hydrogen) atoms. The molecule has 0 saturated heterocycles. The Morgan fingerprint density at radius 3 is 2.50 bits per heavy atom. The molecule has 116 valence electrons. The van der Waals surface area contributed by atoms with Gasteiger partial charge in [-0.05, 0) is 31.0 Å². The lowest BCUT2D eigenvalue weighted by atomic mass is 10.1. The van der Waals surface area contributed by atoms with Gasteiger partial charge >= 0.3 is 5.97 Å². The Labute approximate surface area is 133 Å². The van der Waals surface area contributed by atoms with E-state index in [9.17, 15) is 9.59 Å². The summed E-state index contributed by atoms with van der Waals surface area (Å²) in [5, 5.41) is 14.7. The van der Waals surface area contributed by atoms with Gasteiger partial charge in [-0.2, -0.15) is 0 Å². The number of aryl methyl sites for hydroxylation is 1. The number of hydrogen-bond acceptors (Lipinski definition) is 4. The van der Waals surface area contributed by atoms with Crippen molar-refractivity contribution in [3.63, 3.8) is 0 Å². The second-order valence-electron chi connectivity index (χ2n) is 5.03. The predicted octanol–water partition coefficient (Wildman–Crippen LogP) is 2.96. The smallest absolute Gasteiger partial charge is 0.335 e. The van der Waals surface area contributed by atoms with Gasteiger partial charge in [0.2, 0.25) is 5.91 Å². The number of carbonyl (C=O) groups excluding carboxylic acids is 1. The molecule has 0 radical (unpaired) electrons. The maximum Gasteiger partial charge on any atom is 0.335 e. The Balaban J connectivity index is 1.98. The number of amides is 1. The summed E-state index contributed by atoms with van der Waals surface area (Å²) in [6, 6.07) is 6.26. The lowest BCUT2D eigenvalue weighted by Crippen LogP contribution is -2.29. The van der Waals surface area contributed by atoms with Gasteiger partial charge in [-0.25, -0.2) is 9.78 Å². The van der Waals surface area contributed by atoms with Gasteiger partial charge in [-0.15, -0.1) is 11.3 Å². The average molecular weight is 318 g/mol. The number of carboxylic acid groups (broad SMARTS) is 1. The van der Waals surface area contributed by atoms with Gasteiger partial charge in [0.1, 0.15) is 5.01 Å². The first kappa shape index (κ1) is 16.2. The number of carboxylic acids is 1. The molecule has 0 aliphatic carbocycles. The number of nitrogens with one attached hydrogen (secondary N) is 1. The molecule has 1 aromatic heterocycles. The van der Waals surface area contributed by atoms with Crippen LogP contribution in [0.1, 0.15) is 46.0 Å². The van der Waals surface area contributed by atoms with Crippen molar-refractivity contribution in [3.05, 3.63) is 51.5 Å². The van der Waals surface area contributed by atoms with Gasteiger partial charge in [0.05, 0.1) is 18.0 Å². The van der Waals surface area contributed by atoms with Gasteiger partial charge < -0.3 is 10.4 Å². The average Bonchev–Trinajstić information content (AvgIpc) is 2.91. The van der Waals surface area contributed by atoms with Gasteiger partial charge in [-0.1, -0.05) is 19.1 Å². The van der Waals surface area contributed by atoms with Crippen molar-refractivity contribution in [2.75, 3.05) is 0 Å². The molecular formula is C16H18N2O3S. The van der Waals surface area contributed by atoms with Gasteiger partial charge in [0, 0.05) is 11.1 Å². The minimum Gasteiger partial charge on any atom is -0.478 e. The third-order valence-electron chi connectivity index (χ3n) is 3.24. The minimum absolute atomic E-state index is 0.0792. The first-order chi connectivity index (χ1) is 10.5. The number of nitrogens with zero attached hydrogens (tertiary/aromatic N) is 1. The van der Waals surface area contributed by atoms with Crippen LogP contribution in [-0.4, -0.2) is 22.0 Å². The van der Waals surface area contributed by atoms with Gasteiger partial charge in [-0.3, -0.25) is 4.79 Å². The molecule has 0 fully saturated rings. The predicted molar refractivity (Wildman–Crippen MR) is 85.1 cm³/mol. The number of benzene rings is 1. The number of thiazole rings is 1. The summed E-state index contributed by atoms with van der Waals surface area (Å²) in [5.74, 6) is -1.07. The SMILES string of the molecule is CCC(NC(=O)Cc1ccc(C(=O)O)cc1)c1nc(C)cs1. The van der Waals surface area contributed by atoms with Crippen molar-refractivity contribution in [3.8, 4) is 0 Å². The number of aromatic nitrogens is 1. The highest BCUT2D eigenvalue weighted by Crippen LogP contribution is 2.20. The summed E-state index contributed by atoms with van der Waals surface area (Å²) in [6.45, 7) is 3.93. The maximum absolute atomic E-state index is 12.1. The summed E-state index contributed by atoms with van der Waals surface area (Å²) >= 11 is 1.54. The molecule has 2 N–H and O–H groups in total. The fraction of sp³-hybridized carbons (Fsp3) is 0.312. The highest BCUT2D eigenvalue weighted by atomic mass is 32.1. The third kappa shape index (κ3) is 4.14. The van der Waals surface area contributed by atoms with Crippen LogP contribution in [0.5, 0.6) is 0 Å². The van der Waals surface area contributed by atoms with E-state index in [1.54, 1.807) is 23.5 Å². The van der Waals surface area contributed by atoms with Crippen LogP contribution in [0.15, 0.2) is 29.6 Å². The van der Waals surface area contributed by atoms with Crippen LogP contribution in [0.4, 0.5) is 0 Å². The lowest BCUT2D eigenvalue weighted by molar-refractivity contribution is -0.121. The van der Waals surface area contributed by atoms with Crippen molar-refractivity contribution in [1.82, 2.24) is 10.3 Å². The number of aromatic carboxylic acids is 1. The Bertz CT molecular complexity index is 664. The van der Waals surface area contributed by atoms with Crippen LogP contribution in [-0.2, 0) is 11.2 Å². The van der Waals surface area contributed by atoms with Gasteiger partial charge in [0.15, 0.2) is 0 Å². The molecule has 6 heteroatoms. The fourth-order valence-corrected chi connectivity index (χ4v) is 3.00. The van der Waals surface area contributed by atoms with Crippen molar-refractivity contribution in [1.29, 1.82) is 0 Å². The van der Waals surface area contributed by atoms with E-state index < -0.39 is 5.97 Å². The van der Waals surface area contributed by atoms with E-state index in [0.717, 1.165) is 22.7 Å². The Hall–Kier alpha value is -2.21. The van der Waals surface area contributed by atoms with Crippen molar-refractivity contribution in [2.45, 2.75) is 32.7 Å². The number of carbonyl (C=O) groups is 2. The normalized spacial score (nSPS) is 11.9. The first-order valence-electron chi connectivity index (χ1n) is 7.03. The standard InChI is InChI=1S/C16H18N2O3S/c1-3-13(15-17-10(2)9-22-15)18-14(19)8-11-4-6-12(7-5-11)16(20)21/h4-7,9,13H,3,8H2,1-2H3,(H,18,19)(H,20,21). The number of hydrogen-bond donors (Lipinski definition) is 2. The third-order valence-corrected chi connectivity index (χ3v) is 4.32. The minimum atomic E-state index is -0.971. The molecular weight excluding hydrogens is 300 g/mol. The molecule has 2 rings (SSSR count). The van der Waals surface area contributed by atoms with E-state index in [4.69, 9.17) is 5.11 Å². The Morgan fingerprint density at radius 1 is 1.32 bits per heavy atom. The highest BCUT2D eigenvalue weighted by molar-refractivity contribution is 7.09. The van der Waals surface area contributed by atoms with Crippen molar-refractivity contribution < 1.29 is 14.7 Å². The quantitative estimate of drug-likeness (QED) is 0.858. The number of rotatable bonds is 6. The van der Waals surface area contributed by atoms with Crippen LogP contribution in [0.2, 0.25) is 0 Å². The first-order valence-corrected chi connectivity index (χ1v) is 7.91. The molecule has 1 aromatic carbocycles. The van der Waals surface area contributed by atoms with E-state index in [1.807, 2.05) is 19.2 Å². The zero-order valence-corrected chi connectivity index (χ0v) is 13.3. The molecule has 5 nitrogen and oxygen atoms in total. The van der Waals surface area contributed by atoms with E-state index in [2.05, 4.69) is 10.3 Å². The zero-order chi connectivity index (χ0) is 16.1. The van der Waals surface area contributed by atoms with Gasteiger partial charge in [0.25, 0.3) is 0 Å². The van der Waals surface area contributed by atoms with Crippen molar-refractivity contribution >= 4 is 23.2 Å². The molecule has 0 bridgehead atoms. The second-order valence-corrected chi connectivity index (χ2v) is 5.92. The molecule has 0 aliphatic heterocycles. The molecule has 1 heterocycles. The summed E-state index contributed by atoms with van der Waals surface area (Å²) in [7, 11) is 0. The fourth-order valence-electron chi connectivity index (χ4n) is 2.07. The Kier molecular flexibility index (Phi) is 5.27. The summed E-state index contributed by atoms with van der Waals surface area (Å²) in [4.78, 5) is 27.3. The largest absolute Gasteiger partial charge is 0.478 e. The summed E-state index contributed by atoms with van der Waals surface area (Å²) in [6.07, 6.45) is 0.997. The van der Waals surface area contributed by atoms with Crippen LogP contribution in [0.3, 0.4) is 0 Å². The molecule has 1 amide bonds. The van der Waals surface area contributed by atoms with Crippen LogP contribution in [0.25, 0.3) is 0 Å². The van der Waals surface area contributed by atoms with Crippen molar-refractivity contribution in [2.24, 2.45) is 0 Å². The Morgan fingerprint density at radius 2 is 2.00 bits per heavy atom. The maximum atomic E-state index is 12.1. The topological polar surface area (TPSA) is 79.3 Å². The summed E-state index contributed by atoms with van der Waals surface area (Å²) < 4.78 is 0. The lowest BCUT2D eigenvalue weighted by Gasteiger charge is -2.14. The molecule has 0 saturated carbocycles.